The van der Waals surface area contributed by atoms with Crippen molar-refractivity contribution < 1.29 is 0 Å². The lowest BCUT2D eigenvalue weighted by Gasteiger charge is -2.10. The molecule has 0 aromatic heterocycles. The second-order valence-electron chi connectivity index (χ2n) is 2.53. The molecule has 1 unspecified atom stereocenters. The Bertz CT molecular complexity index is 211. The van der Waals surface area contributed by atoms with Gasteiger partial charge in [-0.3, -0.25) is 0 Å². The molecule has 0 bridgehead atoms. The zero-order chi connectivity index (χ0) is 8.27. The molecule has 1 rings (SSSR count). The van der Waals surface area contributed by atoms with Gasteiger partial charge in [0.2, 0.25) is 0 Å². The van der Waals surface area contributed by atoms with Crippen LogP contribution in [0.5, 0.6) is 0 Å². The molecule has 0 radical (unpaired) electrons. The number of halogens is 2. The third-order valence-corrected chi connectivity index (χ3v) is 7.60. The Morgan fingerprint density at radius 1 is 1.18 bits per heavy atom. The summed E-state index contributed by atoms with van der Waals surface area (Å²) in [6.07, 6.45) is 0. The first-order valence-corrected chi connectivity index (χ1v) is 10.6. The van der Waals surface area contributed by atoms with E-state index in [1.165, 1.54) is 5.56 Å². The van der Waals surface area contributed by atoms with Gasteiger partial charge in [-0.1, -0.05) is 37.3 Å². The molecular formula is C8H10Br2Si. The zero-order valence-corrected chi connectivity index (χ0v) is 10.6. The highest BCUT2D eigenvalue weighted by molar-refractivity contribution is 9.49. The molecule has 0 saturated carbocycles. The fourth-order valence-electron chi connectivity index (χ4n) is 0.902. The van der Waals surface area contributed by atoms with Crippen LogP contribution in [0, 0.1) is 0 Å². The molecule has 0 heterocycles. The molecule has 1 aromatic rings. The summed E-state index contributed by atoms with van der Waals surface area (Å²) >= 11 is 7.26. The fourth-order valence-corrected chi connectivity index (χ4v) is 3.25. The van der Waals surface area contributed by atoms with Gasteiger partial charge in [-0.25, -0.2) is 0 Å². The number of hydrogen-bond acceptors (Lipinski definition) is 0. The summed E-state index contributed by atoms with van der Waals surface area (Å²) in [5.74, 6) is 0. The van der Waals surface area contributed by atoms with Crippen LogP contribution < -0.4 is 0 Å². The molecule has 0 aliphatic heterocycles. The van der Waals surface area contributed by atoms with E-state index in [2.05, 4.69) is 67.8 Å². The first-order valence-electron chi connectivity index (χ1n) is 3.55. The fraction of sp³-hybridized carbons (Fsp3) is 0.250. The third-order valence-electron chi connectivity index (χ3n) is 1.70. The molecular weight excluding hydrogens is 284 g/mol. The van der Waals surface area contributed by atoms with Gasteiger partial charge in [0.25, 0.3) is 0 Å². The summed E-state index contributed by atoms with van der Waals surface area (Å²) in [6.45, 7) is 2.25. The normalized spacial score (nSPS) is 13.5. The minimum Gasteiger partial charge on any atom is -0.115 e. The minimum absolute atomic E-state index is 0.649. The Morgan fingerprint density at radius 3 is 2.18 bits per heavy atom. The molecule has 3 heteroatoms. The Morgan fingerprint density at radius 2 is 1.73 bits per heavy atom. The van der Waals surface area contributed by atoms with Crippen molar-refractivity contribution in [1.29, 1.82) is 0 Å². The van der Waals surface area contributed by atoms with Gasteiger partial charge in [-0.2, -0.15) is 0 Å². The van der Waals surface area contributed by atoms with E-state index < -0.39 is 6.04 Å². The molecule has 0 N–H and O–H groups in total. The summed E-state index contributed by atoms with van der Waals surface area (Å²) in [5, 5.41) is 0. The zero-order valence-electron chi connectivity index (χ0n) is 6.30. The van der Waals surface area contributed by atoms with E-state index in [9.17, 15) is 0 Å². The van der Waals surface area contributed by atoms with Crippen LogP contribution in [-0.4, -0.2) is 6.04 Å². The first kappa shape index (κ1) is 9.48. The average molecular weight is 294 g/mol. The van der Waals surface area contributed by atoms with Gasteiger partial charge in [0.05, 0.1) is 0 Å². The van der Waals surface area contributed by atoms with Crippen LogP contribution in [0.25, 0.3) is 0 Å². The molecule has 0 aliphatic rings. The Hall–Kier alpha value is 0.397. The van der Waals surface area contributed by atoms with Crippen molar-refractivity contribution in [3.8, 4) is 0 Å². The van der Waals surface area contributed by atoms with Gasteiger partial charge in [0, 0.05) is 0 Å². The summed E-state index contributed by atoms with van der Waals surface area (Å²) in [6, 6.07) is 9.70. The van der Waals surface area contributed by atoms with Crippen molar-refractivity contribution in [3.63, 3.8) is 0 Å². The molecule has 0 nitrogen and oxygen atoms in total. The predicted molar refractivity (Wildman–Crippen MR) is 59.9 cm³/mol. The average Bonchev–Trinajstić information content (AvgIpc) is 2.05. The van der Waals surface area contributed by atoms with Gasteiger partial charge < -0.3 is 0 Å². The van der Waals surface area contributed by atoms with Crippen molar-refractivity contribution in [2.75, 3.05) is 0 Å². The lowest BCUT2D eigenvalue weighted by Crippen LogP contribution is -2.05. The van der Waals surface area contributed by atoms with Gasteiger partial charge in [0.1, 0.15) is 0 Å². The van der Waals surface area contributed by atoms with Crippen LogP contribution >= 0.6 is 30.6 Å². The Balaban J connectivity index is 2.77. The molecule has 0 spiro atoms. The smallest absolute Gasteiger partial charge is 0.115 e. The number of benzene rings is 1. The third kappa shape index (κ3) is 2.73. The SMILES string of the molecule is CC(c1ccccc1)[SiH](Br)Br. The van der Waals surface area contributed by atoms with Crippen LogP contribution in [0.1, 0.15) is 18.0 Å². The molecule has 60 valence electrons. The van der Waals surface area contributed by atoms with Crippen molar-refractivity contribution in [2.45, 2.75) is 12.5 Å². The largest absolute Gasteiger partial charge is 0.193 e. The van der Waals surface area contributed by atoms with E-state index in [4.69, 9.17) is 0 Å². The minimum atomic E-state index is -0.866. The highest BCUT2D eigenvalue weighted by Gasteiger charge is 2.13. The summed E-state index contributed by atoms with van der Waals surface area (Å²) in [5.41, 5.74) is 2.06. The van der Waals surface area contributed by atoms with E-state index in [1.807, 2.05) is 0 Å². The van der Waals surface area contributed by atoms with E-state index in [-0.39, 0.29) is 0 Å². The maximum Gasteiger partial charge on any atom is 0.193 e. The highest BCUT2D eigenvalue weighted by Crippen LogP contribution is 2.24. The van der Waals surface area contributed by atoms with Gasteiger partial charge in [0.15, 0.2) is 6.04 Å². The maximum absolute atomic E-state index is 3.63. The molecule has 0 fully saturated rings. The standard InChI is InChI=1S/C8H10Br2Si/c1-7(11(9)10)8-5-3-2-4-6-8/h2-7,11H,1H3. The Labute approximate surface area is 84.8 Å². The molecule has 1 atom stereocenters. The van der Waals surface area contributed by atoms with Crippen LogP contribution in [0.2, 0.25) is 0 Å². The number of hydrogen-bond donors (Lipinski definition) is 0. The molecule has 11 heavy (non-hydrogen) atoms. The summed E-state index contributed by atoms with van der Waals surface area (Å²) < 4.78 is 0. The van der Waals surface area contributed by atoms with Crippen LogP contribution in [0.15, 0.2) is 30.3 Å². The van der Waals surface area contributed by atoms with Crippen LogP contribution in [0.4, 0.5) is 0 Å². The summed E-state index contributed by atoms with van der Waals surface area (Å²) in [4.78, 5) is 0. The van der Waals surface area contributed by atoms with Crippen LogP contribution in [0.3, 0.4) is 0 Å². The van der Waals surface area contributed by atoms with Gasteiger partial charge >= 0.3 is 0 Å². The van der Waals surface area contributed by atoms with Crippen molar-refractivity contribution in [2.24, 2.45) is 0 Å². The predicted octanol–water partition coefficient (Wildman–Crippen LogP) is 3.34. The van der Waals surface area contributed by atoms with E-state index in [0.29, 0.717) is 5.54 Å². The van der Waals surface area contributed by atoms with Crippen molar-refractivity contribution in [1.82, 2.24) is 0 Å². The molecule has 0 aliphatic carbocycles. The first-order chi connectivity index (χ1) is 5.22. The lowest BCUT2D eigenvalue weighted by atomic mass is 10.2. The second-order valence-corrected chi connectivity index (χ2v) is 13.8. The molecule has 0 amide bonds. The second kappa shape index (κ2) is 4.43. The quantitative estimate of drug-likeness (QED) is 0.579. The molecule has 1 aromatic carbocycles. The monoisotopic (exact) mass is 292 g/mol. The van der Waals surface area contributed by atoms with Crippen LogP contribution in [-0.2, 0) is 0 Å². The van der Waals surface area contributed by atoms with Crippen molar-refractivity contribution >= 4 is 36.6 Å². The van der Waals surface area contributed by atoms with Crippen molar-refractivity contribution in [3.05, 3.63) is 35.9 Å². The Kier molecular flexibility index (Phi) is 3.82. The number of rotatable bonds is 2. The van der Waals surface area contributed by atoms with Gasteiger partial charge in [-0.05, 0) is 11.1 Å². The van der Waals surface area contributed by atoms with E-state index in [0.717, 1.165) is 0 Å². The maximum atomic E-state index is 3.63. The van der Waals surface area contributed by atoms with E-state index >= 15 is 0 Å². The lowest BCUT2D eigenvalue weighted by molar-refractivity contribution is 1.08. The van der Waals surface area contributed by atoms with Gasteiger partial charge in [-0.15, -0.1) is 30.6 Å². The molecule has 0 saturated heterocycles. The summed E-state index contributed by atoms with van der Waals surface area (Å²) in [7, 11) is 0. The topological polar surface area (TPSA) is 0 Å². The highest BCUT2D eigenvalue weighted by atomic mass is 79.9. The van der Waals surface area contributed by atoms with E-state index in [1.54, 1.807) is 0 Å².